The number of halogens is 1. The van der Waals surface area contributed by atoms with Crippen molar-refractivity contribution < 1.29 is 4.79 Å². The van der Waals surface area contributed by atoms with Crippen molar-refractivity contribution in [3.63, 3.8) is 0 Å². The number of nitrogens with two attached hydrogens (primary N) is 1. The molecule has 1 amide bonds. The maximum absolute atomic E-state index is 12.4. The Balaban J connectivity index is 2.23. The third-order valence-electron chi connectivity index (χ3n) is 3.33. The van der Waals surface area contributed by atoms with Gasteiger partial charge in [-0.3, -0.25) is 4.79 Å². The van der Waals surface area contributed by atoms with Gasteiger partial charge in [0.25, 0.3) is 5.91 Å². The van der Waals surface area contributed by atoms with Crippen molar-refractivity contribution in [2.24, 2.45) is 0 Å². The number of carbonyl (C=O) groups is 1. The molecule has 20 heavy (non-hydrogen) atoms. The lowest BCUT2D eigenvalue weighted by Crippen LogP contribution is -2.27. The fraction of sp³-hybridized carbons (Fsp3) is 0.400. The predicted octanol–water partition coefficient (Wildman–Crippen LogP) is 4.40. The Labute approximate surface area is 128 Å². The van der Waals surface area contributed by atoms with Crippen molar-refractivity contribution in [2.45, 2.75) is 26.2 Å². The van der Waals surface area contributed by atoms with Crippen LogP contribution >= 0.6 is 22.9 Å². The Morgan fingerprint density at radius 2 is 2.15 bits per heavy atom. The molecule has 0 saturated heterocycles. The fourth-order valence-electron chi connectivity index (χ4n) is 2.12. The average molecular weight is 311 g/mol. The van der Waals surface area contributed by atoms with Gasteiger partial charge in [0.05, 0.1) is 5.69 Å². The molecule has 0 spiro atoms. The molecule has 0 bridgehead atoms. The molecule has 1 heterocycles. The molecule has 1 aromatic heterocycles. The molecule has 0 aliphatic heterocycles. The Morgan fingerprint density at radius 3 is 2.85 bits per heavy atom. The van der Waals surface area contributed by atoms with E-state index in [0.29, 0.717) is 15.6 Å². The topological polar surface area (TPSA) is 46.3 Å². The lowest BCUT2D eigenvalue weighted by Gasteiger charge is -2.16. The van der Waals surface area contributed by atoms with Gasteiger partial charge in [0.15, 0.2) is 0 Å². The molecule has 108 valence electrons. The van der Waals surface area contributed by atoms with Crippen LogP contribution in [0, 0.1) is 0 Å². The first-order valence-corrected chi connectivity index (χ1v) is 7.97. The van der Waals surface area contributed by atoms with Gasteiger partial charge in [-0.2, -0.15) is 0 Å². The zero-order chi connectivity index (χ0) is 14.7. The quantitative estimate of drug-likeness (QED) is 0.832. The molecule has 0 unspecified atom stereocenters. The third-order valence-corrected chi connectivity index (χ3v) is 4.72. The van der Waals surface area contributed by atoms with Crippen LogP contribution in [0.3, 0.4) is 0 Å². The predicted molar refractivity (Wildman–Crippen MR) is 87.7 cm³/mol. The lowest BCUT2D eigenvalue weighted by atomic mass is 10.2. The molecule has 5 heteroatoms. The fourth-order valence-corrected chi connectivity index (χ4v) is 3.52. The number of hydrogen-bond donors (Lipinski definition) is 1. The molecule has 2 rings (SSSR count). The van der Waals surface area contributed by atoms with Gasteiger partial charge in [0.2, 0.25) is 0 Å². The van der Waals surface area contributed by atoms with E-state index in [0.717, 1.165) is 35.9 Å². The number of fused-ring (bicyclic) bond motifs is 1. The normalized spacial score (nSPS) is 10.9. The molecule has 2 N–H and O–H groups in total. The summed E-state index contributed by atoms with van der Waals surface area (Å²) in [7, 11) is 1.83. The van der Waals surface area contributed by atoms with E-state index in [4.69, 9.17) is 17.3 Å². The van der Waals surface area contributed by atoms with E-state index in [1.54, 1.807) is 11.0 Å². The van der Waals surface area contributed by atoms with Gasteiger partial charge in [-0.15, -0.1) is 11.3 Å². The first-order chi connectivity index (χ1) is 9.54. The SMILES string of the molecule is CCCCCN(C)C(=O)c1sc2cc(Cl)ccc2c1N. The number of thiophene rings is 1. The van der Waals surface area contributed by atoms with Crippen LogP contribution in [0.2, 0.25) is 5.02 Å². The van der Waals surface area contributed by atoms with Crippen LogP contribution in [0.25, 0.3) is 10.1 Å². The highest BCUT2D eigenvalue weighted by Gasteiger charge is 2.19. The molecule has 0 fully saturated rings. The second-order valence-corrected chi connectivity index (χ2v) is 6.41. The summed E-state index contributed by atoms with van der Waals surface area (Å²) in [5.74, 6) is -0.00377. The summed E-state index contributed by atoms with van der Waals surface area (Å²) in [6.07, 6.45) is 3.30. The van der Waals surface area contributed by atoms with E-state index < -0.39 is 0 Å². The number of rotatable bonds is 5. The van der Waals surface area contributed by atoms with E-state index in [9.17, 15) is 4.79 Å². The van der Waals surface area contributed by atoms with E-state index in [1.807, 2.05) is 19.2 Å². The van der Waals surface area contributed by atoms with Gasteiger partial charge in [-0.05, 0) is 24.6 Å². The van der Waals surface area contributed by atoms with Crippen LogP contribution in [-0.2, 0) is 0 Å². The van der Waals surface area contributed by atoms with Gasteiger partial charge in [0, 0.05) is 28.7 Å². The van der Waals surface area contributed by atoms with Crippen molar-refractivity contribution in [1.82, 2.24) is 4.90 Å². The minimum Gasteiger partial charge on any atom is -0.397 e. The molecule has 2 aromatic rings. The number of nitrogen functional groups attached to an aromatic ring is 1. The van der Waals surface area contributed by atoms with Crippen LogP contribution in [0.5, 0.6) is 0 Å². The van der Waals surface area contributed by atoms with Crippen molar-refractivity contribution in [3.8, 4) is 0 Å². The van der Waals surface area contributed by atoms with Crippen LogP contribution in [0.15, 0.2) is 18.2 Å². The number of benzene rings is 1. The lowest BCUT2D eigenvalue weighted by molar-refractivity contribution is 0.0798. The smallest absolute Gasteiger partial charge is 0.265 e. The highest BCUT2D eigenvalue weighted by atomic mass is 35.5. The summed E-state index contributed by atoms with van der Waals surface area (Å²) >= 11 is 7.39. The number of nitrogens with zero attached hydrogens (tertiary/aromatic N) is 1. The summed E-state index contributed by atoms with van der Waals surface area (Å²) in [5.41, 5.74) is 6.67. The van der Waals surface area contributed by atoms with Gasteiger partial charge in [0.1, 0.15) is 4.88 Å². The number of anilines is 1. The molecule has 1 aromatic carbocycles. The molecule has 0 aliphatic carbocycles. The third kappa shape index (κ3) is 3.07. The highest BCUT2D eigenvalue weighted by Crippen LogP contribution is 2.35. The van der Waals surface area contributed by atoms with Gasteiger partial charge in [-0.1, -0.05) is 31.4 Å². The number of amides is 1. The van der Waals surface area contributed by atoms with E-state index >= 15 is 0 Å². The molecule has 0 aliphatic rings. The standard InChI is InChI=1S/C15H19ClN2OS/c1-3-4-5-8-18(2)15(19)14-13(17)11-7-6-10(16)9-12(11)20-14/h6-7,9H,3-5,8,17H2,1-2H3. The van der Waals surface area contributed by atoms with Gasteiger partial charge >= 0.3 is 0 Å². The maximum atomic E-state index is 12.4. The first kappa shape index (κ1) is 15.1. The minimum absolute atomic E-state index is 0.00377. The number of hydrogen-bond acceptors (Lipinski definition) is 3. The second-order valence-electron chi connectivity index (χ2n) is 4.92. The van der Waals surface area contributed by atoms with E-state index in [1.165, 1.54) is 11.3 Å². The highest BCUT2D eigenvalue weighted by molar-refractivity contribution is 7.21. The zero-order valence-electron chi connectivity index (χ0n) is 11.8. The van der Waals surface area contributed by atoms with Crippen LogP contribution < -0.4 is 5.73 Å². The largest absolute Gasteiger partial charge is 0.397 e. The van der Waals surface area contributed by atoms with Crippen LogP contribution in [0.4, 0.5) is 5.69 Å². The molecular weight excluding hydrogens is 292 g/mol. The zero-order valence-corrected chi connectivity index (χ0v) is 13.4. The van der Waals surface area contributed by atoms with Crippen LogP contribution in [0.1, 0.15) is 35.9 Å². The molecule has 3 nitrogen and oxygen atoms in total. The Hall–Kier alpha value is -1.26. The average Bonchev–Trinajstić information content (AvgIpc) is 2.74. The van der Waals surface area contributed by atoms with E-state index in [-0.39, 0.29) is 5.91 Å². The van der Waals surface area contributed by atoms with Crippen molar-refractivity contribution in [2.75, 3.05) is 19.3 Å². The summed E-state index contributed by atoms with van der Waals surface area (Å²) < 4.78 is 0.959. The molecule has 0 saturated carbocycles. The summed E-state index contributed by atoms with van der Waals surface area (Å²) in [5, 5.41) is 1.57. The molecular formula is C15H19ClN2OS. The minimum atomic E-state index is -0.00377. The Kier molecular flexibility index (Phi) is 4.89. The van der Waals surface area contributed by atoms with Crippen molar-refractivity contribution in [3.05, 3.63) is 28.1 Å². The second kappa shape index (κ2) is 6.46. The Morgan fingerprint density at radius 1 is 1.40 bits per heavy atom. The number of carbonyl (C=O) groups excluding carboxylic acids is 1. The van der Waals surface area contributed by atoms with Gasteiger partial charge in [-0.25, -0.2) is 0 Å². The van der Waals surface area contributed by atoms with Gasteiger partial charge < -0.3 is 10.6 Å². The molecule has 0 radical (unpaired) electrons. The van der Waals surface area contributed by atoms with Crippen LogP contribution in [-0.4, -0.2) is 24.4 Å². The monoisotopic (exact) mass is 310 g/mol. The first-order valence-electron chi connectivity index (χ1n) is 6.77. The van der Waals surface area contributed by atoms with E-state index in [2.05, 4.69) is 6.92 Å². The van der Waals surface area contributed by atoms with Crippen molar-refractivity contribution >= 4 is 44.6 Å². The summed E-state index contributed by atoms with van der Waals surface area (Å²) in [6.45, 7) is 2.91. The Bertz CT molecular complexity index is 624. The number of unbranched alkanes of at least 4 members (excludes halogenated alkanes) is 2. The summed E-state index contributed by atoms with van der Waals surface area (Å²) in [6, 6.07) is 5.52. The molecule has 0 atom stereocenters. The summed E-state index contributed by atoms with van der Waals surface area (Å²) in [4.78, 5) is 14.8. The van der Waals surface area contributed by atoms with Crippen molar-refractivity contribution in [1.29, 1.82) is 0 Å². The maximum Gasteiger partial charge on any atom is 0.265 e.